The second kappa shape index (κ2) is 11.9. The zero-order valence-corrected chi connectivity index (χ0v) is 25.3. The highest BCUT2D eigenvalue weighted by atomic mass is 16.5. The Morgan fingerprint density at radius 2 is 1.73 bits per heavy atom. The average molecular weight is 604 g/mol. The lowest BCUT2D eigenvalue weighted by Crippen LogP contribution is -2.57. The molecule has 10 nitrogen and oxygen atoms in total. The summed E-state index contributed by atoms with van der Waals surface area (Å²) in [5.41, 5.74) is 4.63. The van der Waals surface area contributed by atoms with Crippen molar-refractivity contribution in [3.63, 3.8) is 0 Å². The number of benzene rings is 3. The van der Waals surface area contributed by atoms with Gasteiger partial charge in [0.15, 0.2) is 11.4 Å². The fraction of sp³-hybridized carbons (Fsp3) is 0.229. The zero-order valence-electron chi connectivity index (χ0n) is 25.3. The van der Waals surface area contributed by atoms with Gasteiger partial charge in [0.1, 0.15) is 35.1 Å². The monoisotopic (exact) mass is 603 g/mol. The number of ether oxygens (including phenoxy) is 3. The van der Waals surface area contributed by atoms with Crippen molar-refractivity contribution in [2.75, 3.05) is 45.4 Å². The Bertz CT molecular complexity index is 1970. The van der Waals surface area contributed by atoms with Crippen LogP contribution in [0.15, 0.2) is 95.5 Å². The van der Waals surface area contributed by atoms with Crippen molar-refractivity contribution >= 4 is 28.2 Å². The van der Waals surface area contributed by atoms with Gasteiger partial charge in [-0.05, 0) is 61.5 Å². The molecule has 3 aromatic heterocycles. The number of imidazole rings is 1. The highest BCUT2D eigenvalue weighted by Gasteiger charge is 2.31. The van der Waals surface area contributed by atoms with Gasteiger partial charge in [-0.25, -0.2) is 9.50 Å². The third-order valence-corrected chi connectivity index (χ3v) is 8.14. The highest BCUT2D eigenvalue weighted by molar-refractivity contribution is 5.94. The van der Waals surface area contributed by atoms with Crippen LogP contribution in [-0.2, 0) is 0 Å². The van der Waals surface area contributed by atoms with Crippen molar-refractivity contribution in [1.29, 1.82) is 0 Å². The van der Waals surface area contributed by atoms with Crippen LogP contribution in [0.25, 0.3) is 28.1 Å². The maximum atomic E-state index is 13.4. The number of hydrogen-bond donors (Lipinski definition) is 0. The molecule has 1 unspecified atom stereocenters. The summed E-state index contributed by atoms with van der Waals surface area (Å²) in [5, 5.41) is 5.31. The lowest BCUT2D eigenvalue weighted by Gasteiger charge is -2.42. The first-order chi connectivity index (χ1) is 22.0. The largest absolute Gasteiger partial charge is 0.497 e. The maximum absolute atomic E-state index is 13.4. The minimum absolute atomic E-state index is 0.00960. The number of hydrogen-bond acceptors (Lipinski definition) is 8. The van der Waals surface area contributed by atoms with Crippen molar-refractivity contribution in [2.24, 2.45) is 0 Å². The summed E-state index contributed by atoms with van der Waals surface area (Å²) in [5.74, 6) is 2.63. The molecule has 0 aliphatic carbocycles. The molecule has 228 valence electrons. The second-order valence-corrected chi connectivity index (χ2v) is 11.0. The molecule has 1 aliphatic rings. The molecule has 1 amide bonds. The number of aromatic nitrogens is 3. The van der Waals surface area contributed by atoms with Crippen molar-refractivity contribution in [3.05, 3.63) is 102 Å². The number of piperazine rings is 1. The number of carbonyl (C=O) groups excluding carboxylic acids is 1. The van der Waals surface area contributed by atoms with Crippen LogP contribution in [-0.4, -0.2) is 71.9 Å². The van der Waals surface area contributed by atoms with E-state index in [2.05, 4.69) is 10.00 Å². The first-order valence-electron chi connectivity index (χ1n) is 14.8. The van der Waals surface area contributed by atoms with Gasteiger partial charge in [0, 0.05) is 43.0 Å². The molecule has 6 aromatic rings. The molecule has 0 saturated carbocycles. The number of methoxy groups -OCH3 is 2. The molecule has 0 bridgehead atoms. The van der Waals surface area contributed by atoms with Crippen LogP contribution in [0.1, 0.15) is 16.1 Å². The van der Waals surface area contributed by atoms with Gasteiger partial charge < -0.3 is 28.4 Å². The van der Waals surface area contributed by atoms with Crippen LogP contribution in [0.5, 0.6) is 17.2 Å². The van der Waals surface area contributed by atoms with E-state index in [9.17, 15) is 4.79 Å². The maximum Gasteiger partial charge on any atom is 0.253 e. The lowest BCUT2D eigenvalue weighted by atomic mass is 10.1. The van der Waals surface area contributed by atoms with E-state index in [4.69, 9.17) is 23.6 Å². The minimum atomic E-state index is -0.125. The van der Waals surface area contributed by atoms with Crippen molar-refractivity contribution < 1.29 is 23.4 Å². The standard InChI is InChI=1S/C35H33N5O5/c1-23-9-14-34-36-30(21-40(34)37-23)33-19-29-31(17-28(43-3)18-32(29)45-33)44-22-26-20-38(35(41)24-7-5-4-6-8-24)15-16-39(26)25-10-12-27(42-2)13-11-25/h4-14,17-19,21,26H,15-16,20,22H2,1-3H3. The fourth-order valence-corrected chi connectivity index (χ4v) is 5.79. The summed E-state index contributed by atoms with van der Waals surface area (Å²) in [6, 6.07) is 26.7. The Morgan fingerprint density at radius 1 is 0.933 bits per heavy atom. The highest BCUT2D eigenvalue weighted by Crippen LogP contribution is 2.37. The first kappa shape index (κ1) is 28.3. The van der Waals surface area contributed by atoms with Gasteiger partial charge in [-0.15, -0.1) is 0 Å². The quantitative estimate of drug-likeness (QED) is 0.213. The Hall–Kier alpha value is -5.51. The van der Waals surface area contributed by atoms with Gasteiger partial charge in [-0.1, -0.05) is 18.2 Å². The van der Waals surface area contributed by atoms with Gasteiger partial charge in [0.25, 0.3) is 5.91 Å². The molecule has 1 saturated heterocycles. The number of carbonyl (C=O) groups is 1. The zero-order chi connectivity index (χ0) is 30.9. The van der Waals surface area contributed by atoms with Crippen LogP contribution < -0.4 is 19.1 Å². The summed E-state index contributed by atoms with van der Waals surface area (Å²) in [4.78, 5) is 22.3. The predicted molar refractivity (Wildman–Crippen MR) is 171 cm³/mol. The van der Waals surface area contributed by atoms with E-state index in [1.165, 1.54) is 0 Å². The number of furan rings is 1. The molecule has 0 radical (unpaired) electrons. The summed E-state index contributed by atoms with van der Waals surface area (Å²) in [6.07, 6.45) is 1.85. The van der Waals surface area contributed by atoms with Gasteiger partial charge in [0.05, 0.1) is 37.5 Å². The van der Waals surface area contributed by atoms with Crippen molar-refractivity contribution in [1.82, 2.24) is 19.5 Å². The van der Waals surface area contributed by atoms with Crippen LogP contribution in [0.2, 0.25) is 0 Å². The molecule has 3 aromatic carbocycles. The first-order valence-corrected chi connectivity index (χ1v) is 14.8. The summed E-state index contributed by atoms with van der Waals surface area (Å²) >= 11 is 0. The molecular formula is C35H33N5O5. The summed E-state index contributed by atoms with van der Waals surface area (Å²) < 4.78 is 25.6. The van der Waals surface area contributed by atoms with E-state index < -0.39 is 0 Å². The summed E-state index contributed by atoms with van der Waals surface area (Å²) in [7, 11) is 3.27. The van der Waals surface area contributed by atoms with Crippen LogP contribution in [0.3, 0.4) is 0 Å². The molecule has 45 heavy (non-hydrogen) atoms. The summed E-state index contributed by atoms with van der Waals surface area (Å²) in [6.45, 7) is 4.01. The molecule has 7 rings (SSSR count). The van der Waals surface area contributed by atoms with E-state index in [0.717, 1.165) is 28.2 Å². The molecule has 0 N–H and O–H groups in total. The van der Waals surface area contributed by atoms with E-state index in [-0.39, 0.29) is 11.9 Å². The predicted octanol–water partition coefficient (Wildman–Crippen LogP) is 5.88. The number of amides is 1. The molecule has 0 spiro atoms. The van der Waals surface area contributed by atoms with Gasteiger partial charge in [-0.2, -0.15) is 5.10 Å². The SMILES string of the molecule is COc1ccc(N2CCN(C(=O)c3ccccc3)CC2COc2cc(OC)cc3oc(-c4cn5nc(C)ccc5n4)cc23)cc1. The van der Waals surface area contributed by atoms with E-state index >= 15 is 0 Å². The molecule has 4 heterocycles. The molecule has 1 aliphatic heterocycles. The Labute approximate surface area is 260 Å². The number of rotatable bonds is 8. The third kappa shape index (κ3) is 5.62. The Balaban J connectivity index is 1.19. The Morgan fingerprint density at radius 3 is 2.51 bits per heavy atom. The molecule has 1 fully saturated rings. The van der Waals surface area contributed by atoms with E-state index in [1.807, 2.05) is 103 Å². The van der Waals surface area contributed by atoms with Crippen molar-refractivity contribution in [3.8, 4) is 28.7 Å². The van der Waals surface area contributed by atoms with Crippen LogP contribution >= 0.6 is 0 Å². The Kier molecular flexibility index (Phi) is 7.46. The van der Waals surface area contributed by atoms with Crippen molar-refractivity contribution in [2.45, 2.75) is 13.0 Å². The number of anilines is 1. The smallest absolute Gasteiger partial charge is 0.253 e. The minimum Gasteiger partial charge on any atom is -0.497 e. The van der Waals surface area contributed by atoms with E-state index in [1.54, 1.807) is 18.7 Å². The van der Waals surface area contributed by atoms with Gasteiger partial charge in [-0.3, -0.25) is 4.79 Å². The lowest BCUT2D eigenvalue weighted by molar-refractivity contribution is 0.0704. The van der Waals surface area contributed by atoms with Gasteiger partial charge in [0.2, 0.25) is 0 Å². The normalized spacial score (nSPS) is 15.0. The van der Waals surface area contributed by atoms with Gasteiger partial charge >= 0.3 is 0 Å². The number of aryl methyl sites for hydroxylation is 1. The van der Waals surface area contributed by atoms with Crippen LogP contribution in [0, 0.1) is 6.92 Å². The number of nitrogens with zero attached hydrogens (tertiary/aromatic N) is 5. The van der Waals surface area contributed by atoms with E-state index in [0.29, 0.717) is 60.3 Å². The molecule has 10 heteroatoms. The van der Waals surface area contributed by atoms with Crippen LogP contribution in [0.4, 0.5) is 5.69 Å². The molecule has 1 atom stereocenters. The third-order valence-electron chi connectivity index (χ3n) is 8.14. The topological polar surface area (TPSA) is 94.6 Å². The fourth-order valence-electron chi connectivity index (χ4n) is 5.79. The second-order valence-electron chi connectivity index (χ2n) is 11.0. The number of fused-ring (bicyclic) bond motifs is 2. The average Bonchev–Trinajstić information content (AvgIpc) is 3.71. The molecular weight excluding hydrogens is 570 g/mol.